The number of hydrogen-bond donors (Lipinski definition) is 1. The lowest BCUT2D eigenvalue weighted by molar-refractivity contribution is 0.301. The summed E-state index contributed by atoms with van der Waals surface area (Å²) in [6, 6.07) is 5.07. The lowest BCUT2D eigenvalue weighted by Gasteiger charge is -2.09. The van der Waals surface area contributed by atoms with Gasteiger partial charge in [-0.25, -0.2) is 0 Å². The average molecular weight is 349 g/mol. The number of furan rings is 1. The lowest BCUT2D eigenvalue weighted by Crippen LogP contribution is -2.14. The molecule has 0 atom stereocenters. The maximum atomic E-state index is 6.08. The van der Waals surface area contributed by atoms with Gasteiger partial charge in [0.15, 0.2) is 0 Å². The maximum Gasteiger partial charge on any atom is 0.139 e. The third-order valence-corrected chi connectivity index (χ3v) is 3.93. The Morgan fingerprint density at radius 2 is 1.90 bits per heavy atom. The number of halogens is 3. The minimum atomic E-state index is 0.358. The molecule has 2 rings (SSSR count). The van der Waals surface area contributed by atoms with E-state index in [0.29, 0.717) is 34.0 Å². The van der Waals surface area contributed by atoms with Crippen molar-refractivity contribution in [2.45, 2.75) is 26.5 Å². The number of rotatable bonds is 7. The first kappa shape index (κ1) is 16.5. The smallest absolute Gasteiger partial charge is 0.139 e. The van der Waals surface area contributed by atoms with Gasteiger partial charge in [0.05, 0.1) is 27.9 Å². The molecular formula is C15H16Cl3NO2. The summed E-state index contributed by atoms with van der Waals surface area (Å²) < 4.78 is 11.2. The summed E-state index contributed by atoms with van der Waals surface area (Å²) in [7, 11) is 0. The van der Waals surface area contributed by atoms with Crippen LogP contribution in [0.15, 0.2) is 28.9 Å². The molecule has 0 amide bonds. The van der Waals surface area contributed by atoms with Crippen LogP contribution < -0.4 is 10.1 Å². The molecule has 0 saturated heterocycles. The zero-order chi connectivity index (χ0) is 15.2. The van der Waals surface area contributed by atoms with Crippen molar-refractivity contribution >= 4 is 34.8 Å². The van der Waals surface area contributed by atoms with Gasteiger partial charge in [-0.05, 0) is 25.1 Å². The van der Waals surface area contributed by atoms with Crippen molar-refractivity contribution < 1.29 is 9.15 Å². The molecule has 0 unspecified atom stereocenters. The minimum absolute atomic E-state index is 0.358. The van der Waals surface area contributed by atoms with Gasteiger partial charge in [0.25, 0.3) is 0 Å². The van der Waals surface area contributed by atoms with E-state index in [4.69, 9.17) is 44.0 Å². The van der Waals surface area contributed by atoms with Gasteiger partial charge in [-0.1, -0.05) is 41.7 Å². The second-order valence-electron chi connectivity index (χ2n) is 4.53. The molecule has 1 heterocycles. The fourth-order valence-electron chi connectivity index (χ4n) is 1.80. The second kappa shape index (κ2) is 7.95. The fraction of sp³-hybridized carbons (Fsp3) is 0.333. The van der Waals surface area contributed by atoms with Gasteiger partial charge < -0.3 is 14.5 Å². The standard InChI is InChI=1S/C15H16Cl3NO2/c1-2-4-19-8-15-10(3-5-20-15)9-21-14-7-12(17)11(16)6-13(14)18/h3,5-7,19H,2,4,8-9H2,1H3. The van der Waals surface area contributed by atoms with Crippen LogP contribution in [0.25, 0.3) is 0 Å². The third kappa shape index (κ3) is 4.55. The molecule has 0 saturated carbocycles. The molecule has 0 aliphatic carbocycles. The van der Waals surface area contributed by atoms with Crippen molar-refractivity contribution in [2.75, 3.05) is 6.54 Å². The zero-order valence-corrected chi connectivity index (χ0v) is 13.9. The first-order valence-corrected chi connectivity index (χ1v) is 7.78. The van der Waals surface area contributed by atoms with E-state index < -0.39 is 0 Å². The van der Waals surface area contributed by atoms with Crippen LogP contribution in [-0.2, 0) is 13.2 Å². The van der Waals surface area contributed by atoms with Gasteiger partial charge in [0.2, 0.25) is 0 Å². The quantitative estimate of drug-likeness (QED) is 0.543. The van der Waals surface area contributed by atoms with Crippen molar-refractivity contribution in [1.29, 1.82) is 0 Å². The van der Waals surface area contributed by atoms with E-state index in [1.165, 1.54) is 0 Å². The van der Waals surface area contributed by atoms with E-state index in [1.807, 2.05) is 6.07 Å². The van der Waals surface area contributed by atoms with E-state index in [1.54, 1.807) is 18.4 Å². The molecule has 1 aromatic heterocycles. The third-order valence-electron chi connectivity index (χ3n) is 2.91. The van der Waals surface area contributed by atoms with Gasteiger partial charge in [0.1, 0.15) is 18.1 Å². The Hall–Kier alpha value is -0.870. The van der Waals surface area contributed by atoms with E-state index in [2.05, 4.69) is 12.2 Å². The number of nitrogens with one attached hydrogen (secondary N) is 1. The highest BCUT2D eigenvalue weighted by atomic mass is 35.5. The Kier molecular flexibility index (Phi) is 6.24. The van der Waals surface area contributed by atoms with Gasteiger partial charge in [-0.3, -0.25) is 0 Å². The normalized spacial score (nSPS) is 10.9. The topological polar surface area (TPSA) is 34.4 Å². The van der Waals surface area contributed by atoms with Gasteiger partial charge in [-0.2, -0.15) is 0 Å². The molecule has 3 nitrogen and oxygen atoms in total. The summed E-state index contributed by atoms with van der Waals surface area (Å²) in [5, 5.41) is 4.53. The van der Waals surface area contributed by atoms with Crippen LogP contribution in [0.5, 0.6) is 5.75 Å². The van der Waals surface area contributed by atoms with Crippen molar-refractivity contribution in [3.8, 4) is 5.75 Å². The van der Waals surface area contributed by atoms with Crippen LogP contribution in [0.4, 0.5) is 0 Å². The van der Waals surface area contributed by atoms with Crippen LogP contribution in [0, 0.1) is 0 Å². The zero-order valence-electron chi connectivity index (χ0n) is 11.6. The SMILES string of the molecule is CCCNCc1occc1COc1cc(Cl)c(Cl)cc1Cl. The minimum Gasteiger partial charge on any atom is -0.487 e. The molecule has 114 valence electrons. The maximum absolute atomic E-state index is 6.08. The average Bonchev–Trinajstić information content (AvgIpc) is 2.89. The molecule has 0 aliphatic heterocycles. The predicted octanol–water partition coefficient (Wildman–Crippen LogP) is 5.32. The van der Waals surface area contributed by atoms with E-state index in [0.717, 1.165) is 24.3 Å². The molecule has 0 aliphatic rings. The van der Waals surface area contributed by atoms with Crippen LogP contribution in [0.2, 0.25) is 15.1 Å². The van der Waals surface area contributed by atoms with E-state index in [9.17, 15) is 0 Å². The van der Waals surface area contributed by atoms with Crippen molar-refractivity contribution in [3.63, 3.8) is 0 Å². The Balaban J connectivity index is 2.00. The van der Waals surface area contributed by atoms with Crippen molar-refractivity contribution in [1.82, 2.24) is 5.32 Å². The summed E-state index contributed by atoms with van der Waals surface area (Å²) in [6.07, 6.45) is 2.73. The summed E-state index contributed by atoms with van der Waals surface area (Å²) in [6.45, 7) is 4.09. The first-order chi connectivity index (χ1) is 10.1. The lowest BCUT2D eigenvalue weighted by atomic mass is 10.2. The second-order valence-corrected chi connectivity index (χ2v) is 5.75. The molecule has 1 aromatic carbocycles. The Labute approximate surface area is 139 Å². The molecule has 0 spiro atoms. The Bertz CT molecular complexity index is 599. The highest BCUT2D eigenvalue weighted by Gasteiger charge is 2.10. The van der Waals surface area contributed by atoms with Gasteiger partial charge in [-0.15, -0.1) is 0 Å². The monoisotopic (exact) mass is 347 g/mol. The Morgan fingerprint density at radius 3 is 2.67 bits per heavy atom. The highest BCUT2D eigenvalue weighted by Crippen LogP contribution is 2.34. The Morgan fingerprint density at radius 1 is 1.14 bits per heavy atom. The molecule has 0 fully saturated rings. The largest absolute Gasteiger partial charge is 0.487 e. The molecule has 0 radical (unpaired) electrons. The van der Waals surface area contributed by atoms with Crippen LogP contribution in [0.1, 0.15) is 24.7 Å². The summed E-state index contributed by atoms with van der Waals surface area (Å²) >= 11 is 17.9. The van der Waals surface area contributed by atoms with Crippen LogP contribution in [-0.4, -0.2) is 6.54 Å². The molecule has 1 N–H and O–H groups in total. The van der Waals surface area contributed by atoms with Gasteiger partial charge >= 0.3 is 0 Å². The number of hydrogen-bond acceptors (Lipinski definition) is 3. The molecule has 21 heavy (non-hydrogen) atoms. The molecule has 0 bridgehead atoms. The summed E-state index contributed by atoms with van der Waals surface area (Å²) in [5.41, 5.74) is 0.973. The van der Waals surface area contributed by atoms with E-state index >= 15 is 0 Å². The number of ether oxygens (including phenoxy) is 1. The van der Waals surface area contributed by atoms with Crippen molar-refractivity contribution in [2.24, 2.45) is 0 Å². The predicted molar refractivity (Wildman–Crippen MR) is 86.5 cm³/mol. The molecule has 6 heteroatoms. The fourth-order valence-corrected chi connectivity index (χ4v) is 2.39. The van der Waals surface area contributed by atoms with Crippen molar-refractivity contribution in [3.05, 3.63) is 50.9 Å². The summed E-state index contributed by atoms with van der Waals surface area (Å²) in [4.78, 5) is 0. The van der Waals surface area contributed by atoms with Crippen LogP contribution in [0.3, 0.4) is 0 Å². The van der Waals surface area contributed by atoms with Crippen LogP contribution >= 0.6 is 34.8 Å². The van der Waals surface area contributed by atoms with E-state index in [-0.39, 0.29) is 0 Å². The molecular weight excluding hydrogens is 333 g/mol. The highest BCUT2D eigenvalue weighted by molar-refractivity contribution is 6.43. The summed E-state index contributed by atoms with van der Waals surface area (Å²) in [5.74, 6) is 1.36. The number of benzene rings is 1. The molecule has 2 aromatic rings. The first-order valence-electron chi connectivity index (χ1n) is 6.65. The van der Waals surface area contributed by atoms with Gasteiger partial charge in [0, 0.05) is 11.6 Å².